The van der Waals surface area contributed by atoms with E-state index in [1.165, 1.54) is 6.07 Å². The molecule has 5 heteroatoms. The van der Waals surface area contributed by atoms with Gasteiger partial charge in [0.15, 0.2) is 0 Å². The van der Waals surface area contributed by atoms with E-state index in [4.69, 9.17) is 10.8 Å². The van der Waals surface area contributed by atoms with Gasteiger partial charge >= 0.3 is 0 Å². The van der Waals surface area contributed by atoms with Crippen molar-refractivity contribution in [3.8, 4) is 0 Å². The SMILES string of the molecule is Cl.NC[C@H](O)c1ccc(F)cc1F. The minimum absolute atomic E-state index is 0. The van der Waals surface area contributed by atoms with Gasteiger partial charge in [-0.25, -0.2) is 8.78 Å². The fourth-order valence-corrected chi connectivity index (χ4v) is 0.899. The van der Waals surface area contributed by atoms with Crippen molar-refractivity contribution >= 4 is 12.4 Å². The zero-order valence-corrected chi connectivity index (χ0v) is 7.52. The van der Waals surface area contributed by atoms with Crippen molar-refractivity contribution < 1.29 is 13.9 Å². The van der Waals surface area contributed by atoms with Crippen molar-refractivity contribution in [3.63, 3.8) is 0 Å². The van der Waals surface area contributed by atoms with E-state index in [0.29, 0.717) is 6.07 Å². The average molecular weight is 210 g/mol. The summed E-state index contributed by atoms with van der Waals surface area (Å²) >= 11 is 0. The van der Waals surface area contributed by atoms with E-state index in [1.807, 2.05) is 0 Å². The Morgan fingerprint density at radius 2 is 2.00 bits per heavy atom. The second-order valence-electron chi connectivity index (χ2n) is 2.42. The van der Waals surface area contributed by atoms with Crippen LogP contribution in [0.15, 0.2) is 18.2 Å². The molecule has 0 amide bonds. The molecule has 0 bridgehead atoms. The first-order chi connectivity index (χ1) is 5.65. The highest BCUT2D eigenvalue weighted by atomic mass is 35.5. The Bertz CT molecular complexity index is 283. The van der Waals surface area contributed by atoms with Crippen LogP contribution in [-0.2, 0) is 0 Å². The van der Waals surface area contributed by atoms with Gasteiger partial charge in [-0.2, -0.15) is 0 Å². The fraction of sp³-hybridized carbons (Fsp3) is 0.250. The second kappa shape index (κ2) is 5.11. The van der Waals surface area contributed by atoms with E-state index >= 15 is 0 Å². The molecule has 0 saturated heterocycles. The minimum atomic E-state index is -1.06. The number of aliphatic hydroxyl groups is 1. The zero-order chi connectivity index (χ0) is 9.14. The van der Waals surface area contributed by atoms with Gasteiger partial charge in [0.1, 0.15) is 11.6 Å². The Hall–Kier alpha value is -0.710. The summed E-state index contributed by atoms with van der Waals surface area (Å²) in [6.07, 6.45) is -1.06. The maximum atomic E-state index is 12.8. The summed E-state index contributed by atoms with van der Waals surface area (Å²) in [7, 11) is 0. The third kappa shape index (κ3) is 2.91. The van der Waals surface area contributed by atoms with Gasteiger partial charge in [0.05, 0.1) is 6.10 Å². The molecule has 0 spiro atoms. The standard InChI is InChI=1S/C8H9F2NO.ClH/c9-5-1-2-6(7(10)3-5)8(12)4-11;/h1-3,8,12H,4,11H2;1H/t8-;/m0./s1. The van der Waals surface area contributed by atoms with Crippen LogP contribution in [0.3, 0.4) is 0 Å². The average Bonchev–Trinajstić information content (AvgIpc) is 2.03. The maximum absolute atomic E-state index is 12.8. The molecule has 1 aromatic carbocycles. The summed E-state index contributed by atoms with van der Waals surface area (Å²) in [5.41, 5.74) is 5.13. The topological polar surface area (TPSA) is 46.2 Å². The zero-order valence-electron chi connectivity index (χ0n) is 6.71. The Morgan fingerprint density at radius 1 is 1.38 bits per heavy atom. The summed E-state index contributed by atoms with van der Waals surface area (Å²) in [6, 6.07) is 2.98. The minimum Gasteiger partial charge on any atom is -0.387 e. The van der Waals surface area contributed by atoms with Crippen molar-refractivity contribution in [1.29, 1.82) is 0 Å². The predicted octanol–water partition coefficient (Wildman–Crippen LogP) is 1.38. The van der Waals surface area contributed by atoms with Crippen molar-refractivity contribution in [2.75, 3.05) is 6.54 Å². The lowest BCUT2D eigenvalue weighted by atomic mass is 10.1. The van der Waals surface area contributed by atoms with Crippen LogP contribution in [-0.4, -0.2) is 11.7 Å². The number of hydrogen-bond acceptors (Lipinski definition) is 2. The number of hydrogen-bond donors (Lipinski definition) is 2. The van der Waals surface area contributed by atoms with Crippen LogP contribution in [0, 0.1) is 11.6 Å². The maximum Gasteiger partial charge on any atom is 0.131 e. The largest absolute Gasteiger partial charge is 0.387 e. The first kappa shape index (κ1) is 12.3. The van der Waals surface area contributed by atoms with Gasteiger partial charge < -0.3 is 10.8 Å². The predicted molar refractivity (Wildman–Crippen MR) is 47.6 cm³/mol. The molecule has 0 aliphatic carbocycles. The third-order valence-corrected chi connectivity index (χ3v) is 1.54. The normalized spacial score (nSPS) is 12.0. The highest BCUT2D eigenvalue weighted by Crippen LogP contribution is 2.16. The van der Waals surface area contributed by atoms with E-state index in [2.05, 4.69) is 0 Å². The summed E-state index contributed by atoms with van der Waals surface area (Å²) < 4.78 is 25.2. The van der Waals surface area contributed by atoms with Gasteiger partial charge in [0.2, 0.25) is 0 Å². The number of aliphatic hydroxyl groups excluding tert-OH is 1. The molecule has 0 saturated carbocycles. The number of nitrogens with two attached hydrogens (primary N) is 1. The summed E-state index contributed by atoms with van der Waals surface area (Å²) in [5, 5.41) is 9.11. The van der Waals surface area contributed by atoms with Crippen LogP contribution < -0.4 is 5.73 Å². The molecular weight excluding hydrogens is 200 g/mol. The van der Waals surface area contributed by atoms with Gasteiger partial charge in [-0.05, 0) is 6.07 Å². The Morgan fingerprint density at radius 3 is 2.46 bits per heavy atom. The first-order valence-electron chi connectivity index (χ1n) is 3.48. The van der Waals surface area contributed by atoms with E-state index < -0.39 is 17.7 Å². The fourth-order valence-electron chi connectivity index (χ4n) is 0.899. The van der Waals surface area contributed by atoms with Crippen LogP contribution in [0.25, 0.3) is 0 Å². The molecule has 0 fully saturated rings. The van der Waals surface area contributed by atoms with Gasteiger partial charge in [0, 0.05) is 18.2 Å². The molecule has 74 valence electrons. The Kier molecular flexibility index (Phi) is 4.83. The molecule has 1 atom stereocenters. The summed E-state index contributed by atoms with van der Waals surface area (Å²) in [4.78, 5) is 0. The lowest BCUT2D eigenvalue weighted by Gasteiger charge is -2.08. The van der Waals surface area contributed by atoms with Crippen molar-refractivity contribution in [1.82, 2.24) is 0 Å². The van der Waals surface area contributed by atoms with Gasteiger partial charge in [-0.3, -0.25) is 0 Å². The molecule has 2 nitrogen and oxygen atoms in total. The number of benzene rings is 1. The highest BCUT2D eigenvalue weighted by molar-refractivity contribution is 5.85. The van der Waals surface area contributed by atoms with Gasteiger partial charge in [0.25, 0.3) is 0 Å². The molecule has 0 unspecified atom stereocenters. The Balaban J connectivity index is 0.00000144. The molecule has 1 rings (SSSR count). The van der Waals surface area contributed by atoms with Crippen LogP contribution in [0.5, 0.6) is 0 Å². The van der Waals surface area contributed by atoms with Crippen molar-refractivity contribution in [2.45, 2.75) is 6.10 Å². The second-order valence-corrected chi connectivity index (χ2v) is 2.42. The lowest BCUT2D eigenvalue weighted by molar-refractivity contribution is 0.181. The monoisotopic (exact) mass is 209 g/mol. The van der Waals surface area contributed by atoms with E-state index in [-0.39, 0.29) is 24.5 Å². The molecule has 0 aliphatic rings. The number of rotatable bonds is 2. The third-order valence-electron chi connectivity index (χ3n) is 1.54. The number of halogens is 3. The quantitative estimate of drug-likeness (QED) is 0.773. The molecule has 0 heterocycles. The Labute approximate surface area is 80.8 Å². The molecule has 0 aromatic heterocycles. The lowest BCUT2D eigenvalue weighted by Crippen LogP contribution is -2.13. The van der Waals surface area contributed by atoms with Crippen LogP contribution in [0.4, 0.5) is 8.78 Å². The van der Waals surface area contributed by atoms with E-state index in [1.54, 1.807) is 0 Å². The summed E-state index contributed by atoms with van der Waals surface area (Å²) in [6.45, 7) is -0.0808. The van der Waals surface area contributed by atoms with E-state index in [9.17, 15) is 8.78 Å². The highest BCUT2D eigenvalue weighted by Gasteiger charge is 2.10. The molecular formula is C8H10ClF2NO. The molecule has 3 N–H and O–H groups in total. The van der Waals surface area contributed by atoms with Crippen molar-refractivity contribution in [2.24, 2.45) is 5.73 Å². The van der Waals surface area contributed by atoms with Gasteiger partial charge in [-0.1, -0.05) is 6.07 Å². The molecule has 0 aliphatic heterocycles. The molecule has 1 aromatic rings. The van der Waals surface area contributed by atoms with Crippen molar-refractivity contribution in [3.05, 3.63) is 35.4 Å². The first-order valence-corrected chi connectivity index (χ1v) is 3.48. The molecule has 0 radical (unpaired) electrons. The molecule has 13 heavy (non-hydrogen) atoms. The van der Waals surface area contributed by atoms with Crippen LogP contribution in [0.1, 0.15) is 11.7 Å². The van der Waals surface area contributed by atoms with Crippen LogP contribution >= 0.6 is 12.4 Å². The smallest absolute Gasteiger partial charge is 0.131 e. The van der Waals surface area contributed by atoms with Gasteiger partial charge in [-0.15, -0.1) is 12.4 Å². The van der Waals surface area contributed by atoms with E-state index in [0.717, 1.165) is 6.07 Å². The summed E-state index contributed by atoms with van der Waals surface area (Å²) in [5.74, 6) is -1.44. The van der Waals surface area contributed by atoms with Crippen LogP contribution in [0.2, 0.25) is 0 Å².